The van der Waals surface area contributed by atoms with Crippen LogP contribution < -0.4 is 20.3 Å². The summed E-state index contributed by atoms with van der Waals surface area (Å²) in [5, 5.41) is 6.72. The zero-order valence-corrected chi connectivity index (χ0v) is 15.8. The summed E-state index contributed by atoms with van der Waals surface area (Å²) in [5.41, 5.74) is 3.63. The van der Waals surface area contributed by atoms with E-state index >= 15 is 0 Å². The molecule has 6 heteroatoms. The summed E-state index contributed by atoms with van der Waals surface area (Å²) in [7, 11) is 5.55. The van der Waals surface area contributed by atoms with Crippen LogP contribution >= 0.6 is 11.6 Å². The fraction of sp³-hybridized carbons (Fsp3) is 0.316. The Morgan fingerprint density at radius 3 is 2.48 bits per heavy atom. The number of hydrogen-bond acceptors (Lipinski definition) is 4. The van der Waals surface area contributed by atoms with Crippen molar-refractivity contribution in [3.63, 3.8) is 0 Å². The maximum atomic E-state index is 12.2. The maximum Gasteiger partial charge on any atom is 0.226 e. The summed E-state index contributed by atoms with van der Waals surface area (Å²) in [6.45, 7) is 2.43. The molecule has 2 aromatic rings. The van der Waals surface area contributed by atoms with E-state index in [4.69, 9.17) is 16.3 Å². The molecule has 0 fully saturated rings. The highest BCUT2D eigenvalue weighted by Gasteiger charge is 2.10. The highest BCUT2D eigenvalue weighted by Crippen LogP contribution is 2.31. The Hall–Kier alpha value is -2.40. The maximum absolute atomic E-state index is 12.2. The molecule has 1 amide bonds. The number of aryl methyl sites for hydroxylation is 1. The zero-order valence-electron chi connectivity index (χ0n) is 15.0. The Morgan fingerprint density at radius 1 is 1.20 bits per heavy atom. The van der Waals surface area contributed by atoms with E-state index in [1.54, 1.807) is 13.2 Å². The Labute approximate surface area is 153 Å². The first kappa shape index (κ1) is 18.9. The molecular weight excluding hydrogens is 338 g/mol. The number of rotatable bonds is 7. The minimum absolute atomic E-state index is 0.0857. The molecule has 0 aliphatic rings. The highest BCUT2D eigenvalue weighted by atomic mass is 35.5. The van der Waals surface area contributed by atoms with Crippen molar-refractivity contribution in [2.24, 2.45) is 0 Å². The SMILES string of the molecule is COc1cc(Cl)c(C)cc1NC(=O)CCNc1ccc(N(C)C)cc1. The van der Waals surface area contributed by atoms with Crippen LogP contribution in [0, 0.1) is 6.92 Å². The van der Waals surface area contributed by atoms with Gasteiger partial charge >= 0.3 is 0 Å². The van der Waals surface area contributed by atoms with Gasteiger partial charge in [0.05, 0.1) is 12.8 Å². The van der Waals surface area contributed by atoms with Crippen molar-refractivity contribution >= 4 is 34.6 Å². The number of hydrogen-bond donors (Lipinski definition) is 2. The minimum Gasteiger partial charge on any atom is -0.495 e. The minimum atomic E-state index is -0.0857. The van der Waals surface area contributed by atoms with Crippen LogP contribution in [0.1, 0.15) is 12.0 Å². The van der Waals surface area contributed by atoms with Crippen LogP contribution in [-0.2, 0) is 4.79 Å². The second-order valence-electron chi connectivity index (χ2n) is 5.97. The lowest BCUT2D eigenvalue weighted by atomic mass is 10.2. The van der Waals surface area contributed by atoms with Gasteiger partial charge in [-0.15, -0.1) is 0 Å². The van der Waals surface area contributed by atoms with Gasteiger partial charge in [0.1, 0.15) is 5.75 Å². The molecule has 134 valence electrons. The predicted octanol–water partition coefficient (Wildman–Crippen LogP) is 4.16. The number of amides is 1. The van der Waals surface area contributed by atoms with Gasteiger partial charge in [0.15, 0.2) is 0 Å². The Bertz CT molecular complexity index is 730. The first-order valence-corrected chi connectivity index (χ1v) is 8.43. The zero-order chi connectivity index (χ0) is 18.4. The van der Waals surface area contributed by atoms with Crippen LogP contribution in [0.5, 0.6) is 5.75 Å². The highest BCUT2D eigenvalue weighted by molar-refractivity contribution is 6.31. The van der Waals surface area contributed by atoms with Crippen molar-refractivity contribution in [3.8, 4) is 5.75 Å². The lowest BCUT2D eigenvalue weighted by Crippen LogP contribution is -2.17. The van der Waals surface area contributed by atoms with E-state index in [1.165, 1.54) is 0 Å². The van der Waals surface area contributed by atoms with Crippen LogP contribution in [-0.4, -0.2) is 33.7 Å². The molecule has 0 saturated carbocycles. The molecule has 2 aromatic carbocycles. The van der Waals surface area contributed by atoms with Crippen molar-refractivity contribution in [1.29, 1.82) is 0 Å². The van der Waals surface area contributed by atoms with Crippen LogP contribution in [0.25, 0.3) is 0 Å². The number of carbonyl (C=O) groups is 1. The quantitative estimate of drug-likeness (QED) is 0.777. The number of nitrogens with zero attached hydrogens (tertiary/aromatic N) is 1. The van der Waals surface area contributed by atoms with Crippen molar-refractivity contribution in [2.75, 3.05) is 43.3 Å². The van der Waals surface area contributed by atoms with Crippen molar-refractivity contribution in [1.82, 2.24) is 0 Å². The molecule has 2 N–H and O–H groups in total. The number of nitrogens with one attached hydrogen (secondary N) is 2. The Morgan fingerprint density at radius 2 is 1.88 bits per heavy atom. The van der Waals surface area contributed by atoms with Crippen LogP contribution in [0.4, 0.5) is 17.1 Å². The van der Waals surface area contributed by atoms with Gasteiger partial charge in [-0.25, -0.2) is 0 Å². The third kappa shape index (κ3) is 5.29. The third-order valence-electron chi connectivity index (χ3n) is 3.82. The summed E-state index contributed by atoms with van der Waals surface area (Å²) in [6.07, 6.45) is 0.347. The van der Waals surface area contributed by atoms with E-state index in [1.807, 2.05) is 56.3 Å². The van der Waals surface area contributed by atoms with Gasteiger partial charge in [-0.05, 0) is 42.8 Å². The monoisotopic (exact) mass is 361 g/mol. The molecule has 0 heterocycles. The van der Waals surface area contributed by atoms with E-state index in [0.717, 1.165) is 16.9 Å². The molecule has 0 radical (unpaired) electrons. The molecule has 0 saturated heterocycles. The van der Waals surface area contributed by atoms with Gasteiger partial charge in [0.25, 0.3) is 0 Å². The van der Waals surface area contributed by atoms with Crippen LogP contribution in [0.2, 0.25) is 5.02 Å². The van der Waals surface area contributed by atoms with Crippen molar-refractivity contribution < 1.29 is 9.53 Å². The molecule has 25 heavy (non-hydrogen) atoms. The second kappa shape index (κ2) is 8.62. The van der Waals surface area contributed by atoms with E-state index < -0.39 is 0 Å². The summed E-state index contributed by atoms with van der Waals surface area (Å²) in [5.74, 6) is 0.466. The average molecular weight is 362 g/mol. The molecule has 0 unspecified atom stereocenters. The molecular formula is C19H24ClN3O2. The Balaban J connectivity index is 1.88. The van der Waals surface area contributed by atoms with Gasteiger partial charge in [-0.1, -0.05) is 11.6 Å². The van der Waals surface area contributed by atoms with E-state index in [0.29, 0.717) is 29.4 Å². The summed E-state index contributed by atoms with van der Waals surface area (Å²) >= 11 is 6.08. The molecule has 0 aliphatic heterocycles. The van der Waals surface area contributed by atoms with Gasteiger partial charge in [-0.2, -0.15) is 0 Å². The van der Waals surface area contributed by atoms with E-state index in [-0.39, 0.29) is 5.91 Å². The van der Waals surface area contributed by atoms with E-state index in [9.17, 15) is 4.79 Å². The fourth-order valence-corrected chi connectivity index (χ4v) is 2.49. The number of benzene rings is 2. The number of methoxy groups -OCH3 is 1. The number of halogens is 1. The van der Waals surface area contributed by atoms with Crippen LogP contribution in [0.3, 0.4) is 0 Å². The predicted molar refractivity (Wildman–Crippen MR) is 105 cm³/mol. The van der Waals surface area contributed by atoms with E-state index in [2.05, 4.69) is 10.6 Å². The largest absolute Gasteiger partial charge is 0.495 e. The summed E-state index contributed by atoms with van der Waals surface area (Å²) in [4.78, 5) is 14.2. The van der Waals surface area contributed by atoms with Gasteiger partial charge in [0.2, 0.25) is 5.91 Å². The molecule has 0 bridgehead atoms. The van der Waals surface area contributed by atoms with Crippen molar-refractivity contribution in [3.05, 3.63) is 47.0 Å². The molecule has 0 spiro atoms. The first-order chi connectivity index (χ1) is 11.9. The number of ether oxygens (including phenoxy) is 1. The molecule has 2 rings (SSSR count). The summed E-state index contributed by atoms with van der Waals surface area (Å²) in [6, 6.07) is 11.6. The second-order valence-corrected chi connectivity index (χ2v) is 6.38. The molecule has 0 aliphatic carbocycles. The standard InChI is InChI=1S/C19H24ClN3O2/c1-13-11-17(18(25-4)12-16(13)20)22-19(24)9-10-21-14-5-7-15(8-6-14)23(2)3/h5-8,11-12,21H,9-10H2,1-4H3,(H,22,24). The summed E-state index contributed by atoms with van der Waals surface area (Å²) < 4.78 is 5.27. The first-order valence-electron chi connectivity index (χ1n) is 8.06. The normalized spacial score (nSPS) is 10.3. The van der Waals surface area contributed by atoms with Gasteiger partial charge < -0.3 is 20.3 Å². The van der Waals surface area contributed by atoms with Crippen LogP contribution in [0.15, 0.2) is 36.4 Å². The van der Waals surface area contributed by atoms with Crippen molar-refractivity contribution in [2.45, 2.75) is 13.3 Å². The smallest absolute Gasteiger partial charge is 0.226 e. The average Bonchev–Trinajstić information content (AvgIpc) is 2.58. The Kier molecular flexibility index (Phi) is 6.53. The van der Waals surface area contributed by atoms with Gasteiger partial charge in [-0.3, -0.25) is 4.79 Å². The lowest BCUT2D eigenvalue weighted by molar-refractivity contribution is -0.116. The number of anilines is 3. The van der Waals surface area contributed by atoms with Gasteiger partial charge in [0, 0.05) is 49.5 Å². The fourth-order valence-electron chi connectivity index (χ4n) is 2.34. The number of carbonyl (C=O) groups excluding carboxylic acids is 1. The molecule has 0 aromatic heterocycles. The third-order valence-corrected chi connectivity index (χ3v) is 4.23. The lowest BCUT2D eigenvalue weighted by Gasteiger charge is -2.14. The topological polar surface area (TPSA) is 53.6 Å². The molecule has 0 atom stereocenters. The molecule has 5 nitrogen and oxygen atoms in total.